The number of fused-ring (bicyclic) bond motifs is 1. The molecule has 0 saturated carbocycles. The van der Waals surface area contributed by atoms with E-state index in [4.69, 9.17) is 5.11 Å². The lowest BCUT2D eigenvalue weighted by molar-refractivity contribution is -0.138. The average molecular weight is 280 g/mol. The molecule has 8 heteroatoms. The molecule has 1 aromatic carbocycles. The molecule has 0 radical (unpaired) electrons. The predicted octanol–water partition coefficient (Wildman–Crippen LogP) is 1.49. The zero-order chi connectivity index (χ0) is 13.7. The Kier molecular flexibility index (Phi) is 2.65. The van der Waals surface area contributed by atoms with Crippen LogP contribution in [-0.4, -0.2) is 24.7 Å². The number of carbonyl (C=O) groups is 1. The van der Waals surface area contributed by atoms with Crippen molar-refractivity contribution < 1.29 is 31.5 Å². The number of halogens is 3. The summed E-state index contributed by atoms with van der Waals surface area (Å²) in [5, 5.41) is 7.05. The van der Waals surface area contributed by atoms with E-state index >= 15 is 0 Å². The van der Waals surface area contributed by atoms with E-state index < -0.39 is 37.7 Å². The summed E-state index contributed by atoms with van der Waals surface area (Å²) < 4.78 is 60.9. The van der Waals surface area contributed by atoms with Crippen LogP contribution < -0.4 is 0 Å². The van der Waals surface area contributed by atoms with Crippen LogP contribution in [0.4, 0.5) is 13.2 Å². The van der Waals surface area contributed by atoms with Gasteiger partial charge in [-0.3, -0.25) is 4.79 Å². The fraction of sp³-hybridized carbons (Fsp3) is 0.300. The van der Waals surface area contributed by atoms with Crippen LogP contribution in [0.5, 0.6) is 0 Å². The second kappa shape index (κ2) is 3.71. The number of sulfone groups is 1. The summed E-state index contributed by atoms with van der Waals surface area (Å²) in [5.41, 5.74) is -0.994. The molecule has 1 heterocycles. The molecule has 0 aromatic heterocycles. The zero-order valence-electron chi connectivity index (χ0n) is 8.73. The van der Waals surface area contributed by atoms with Gasteiger partial charge in [-0.05, 0) is 17.7 Å². The third kappa shape index (κ3) is 1.86. The Bertz CT molecular complexity index is 619. The van der Waals surface area contributed by atoms with Crippen molar-refractivity contribution in [3.05, 3.63) is 29.3 Å². The van der Waals surface area contributed by atoms with Crippen molar-refractivity contribution in [3.8, 4) is 0 Å². The highest BCUT2D eigenvalue weighted by molar-refractivity contribution is 7.93. The number of aliphatic carboxylic acids is 1. The van der Waals surface area contributed by atoms with E-state index in [9.17, 15) is 26.4 Å². The maximum atomic E-state index is 12.5. The van der Waals surface area contributed by atoms with Crippen molar-refractivity contribution in [2.75, 3.05) is 0 Å². The normalized spacial score (nSPS) is 21.6. The van der Waals surface area contributed by atoms with E-state index in [-0.39, 0.29) is 12.0 Å². The second-order valence-electron chi connectivity index (χ2n) is 3.90. The monoisotopic (exact) mass is 280 g/mol. The highest BCUT2D eigenvalue weighted by Crippen LogP contribution is 2.37. The minimum atomic E-state index is -4.66. The summed E-state index contributed by atoms with van der Waals surface area (Å²) in [6.45, 7) is 0. The van der Waals surface area contributed by atoms with E-state index in [1.807, 2.05) is 0 Å². The van der Waals surface area contributed by atoms with Gasteiger partial charge in [-0.2, -0.15) is 13.2 Å². The van der Waals surface area contributed by atoms with Crippen LogP contribution in [0.15, 0.2) is 23.1 Å². The highest BCUT2D eigenvalue weighted by atomic mass is 32.2. The van der Waals surface area contributed by atoms with Crippen molar-refractivity contribution in [2.24, 2.45) is 0 Å². The third-order valence-corrected chi connectivity index (χ3v) is 4.87. The Morgan fingerprint density at radius 1 is 1.33 bits per heavy atom. The van der Waals surface area contributed by atoms with E-state index in [0.717, 1.165) is 12.1 Å². The number of alkyl halides is 3. The lowest BCUT2D eigenvalue weighted by Gasteiger charge is -2.08. The van der Waals surface area contributed by atoms with Crippen molar-refractivity contribution in [1.82, 2.24) is 0 Å². The van der Waals surface area contributed by atoms with Crippen LogP contribution in [0.2, 0.25) is 0 Å². The number of hydrogen-bond acceptors (Lipinski definition) is 3. The number of benzene rings is 1. The molecule has 1 unspecified atom stereocenters. The summed E-state index contributed by atoms with van der Waals surface area (Å²) in [5.74, 6) is -1.56. The lowest BCUT2D eigenvalue weighted by atomic mass is 10.1. The predicted molar refractivity (Wildman–Crippen MR) is 53.8 cm³/mol. The Hall–Kier alpha value is -1.57. The van der Waals surface area contributed by atoms with Gasteiger partial charge in [0.25, 0.3) is 0 Å². The van der Waals surface area contributed by atoms with Crippen LogP contribution in [-0.2, 0) is 27.2 Å². The number of rotatable bonds is 1. The summed E-state index contributed by atoms with van der Waals surface area (Å²) >= 11 is 0. The van der Waals surface area contributed by atoms with Gasteiger partial charge in [0.2, 0.25) is 0 Å². The molecular formula is C10H7F3O4S. The van der Waals surface area contributed by atoms with Crippen LogP contribution in [0.3, 0.4) is 0 Å². The lowest BCUT2D eigenvalue weighted by Crippen LogP contribution is -2.26. The Balaban J connectivity index is 2.59. The SMILES string of the molecule is O=C(O)C1Cc2ccc(C(F)(F)F)cc2S1(=O)=O. The second-order valence-corrected chi connectivity index (χ2v) is 6.00. The van der Waals surface area contributed by atoms with Gasteiger partial charge in [-0.1, -0.05) is 6.07 Å². The molecule has 18 heavy (non-hydrogen) atoms. The van der Waals surface area contributed by atoms with Crippen molar-refractivity contribution in [2.45, 2.75) is 22.7 Å². The molecule has 0 amide bonds. The smallest absolute Gasteiger partial charge is 0.416 e. The van der Waals surface area contributed by atoms with Crippen molar-refractivity contribution >= 4 is 15.8 Å². The first-order chi connectivity index (χ1) is 8.14. The van der Waals surface area contributed by atoms with Crippen LogP contribution in [0, 0.1) is 0 Å². The molecule has 1 N–H and O–H groups in total. The molecule has 1 atom stereocenters. The molecule has 0 bridgehead atoms. The van der Waals surface area contributed by atoms with Crippen LogP contribution >= 0.6 is 0 Å². The molecule has 0 fully saturated rings. The maximum Gasteiger partial charge on any atom is 0.416 e. The van der Waals surface area contributed by atoms with Gasteiger partial charge in [0.05, 0.1) is 10.5 Å². The van der Waals surface area contributed by atoms with E-state index in [1.54, 1.807) is 0 Å². The number of hydrogen-bond donors (Lipinski definition) is 1. The largest absolute Gasteiger partial charge is 0.480 e. The van der Waals surface area contributed by atoms with E-state index in [1.165, 1.54) is 0 Å². The van der Waals surface area contributed by atoms with Gasteiger partial charge >= 0.3 is 12.1 Å². The number of carboxylic acid groups (broad SMARTS) is 1. The first kappa shape index (κ1) is 12.9. The minimum Gasteiger partial charge on any atom is -0.480 e. The highest BCUT2D eigenvalue weighted by Gasteiger charge is 2.43. The fourth-order valence-electron chi connectivity index (χ4n) is 1.85. The summed E-state index contributed by atoms with van der Waals surface area (Å²) in [6, 6.07) is 2.25. The molecule has 0 aliphatic carbocycles. The molecule has 1 aliphatic heterocycles. The van der Waals surface area contributed by atoms with Gasteiger partial charge in [0.1, 0.15) is 0 Å². The summed E-state index contributed by atoms with van der Waals surface area (Å²) in [4.78, 5) is 10.2. The van der Waals surface area contributed by atoms with Gasteiger partial charge in [0, 0.05) is 6.42 Å². The summed E-state index contributed by atoms with van der Waals surface area (Å²) in [6.07, 6.45) is -4.96. The molecule has 1 aliphatic rings. The molecule has 4 nitrogen and oxygen atoms in total. The van der Waals surface area contributed by atoms with Gasteiger partial charge in [-0.15, -0.1) is 0 Å². The van der Waals surface area contributed by atoms with Crippen LogP contribution in [0.25, 0.3) is 0 Å². The minimum absolute atomic E-state index is 0.107. The van der Waals surface area contributed by atoms with E-state index in [0.29, 0.717) is 6.07 Å². The molecule has 0 saturated heterocycles. The first-order valence-corrected chi connectivity index (χ1v) is 6.35. The topological polar surface area (TPSA) is 71.4 Å². The van der Waals surface area contributed by atoms with Crippen LogP contribution in [0.1, 0.15) is 11.1 Å². The Labute approximate surface area is 100.0 Å². The number of carboxylic acids is 1. The van der Waals surface area contributed by atoms with Gasteiger partial charge < -0.3 is 5.11 Å². The third-order valence-electron chi connectivity index (χ3n) is 2.76. The molecular weight excluding hydrogens is 273 g/mol. The van der Waals surface area contributed by atoms with Gasteiger partial charge in [0.15, 0.2) is 15.1 Å². The Morgan fingerprint density at radius 3 is 2.44 bits per heavy atom. The maximum absolute atomic E-state index is 12.5. The van der Waals surface area contributed by atoms with Crippen molar-refractivity contribution in [3.63, 3.8) is 0 Å². The quantitative estimate of drug-likeness (QED) is 0.846. The average Bonchev–Trinajstić information content (AvgIpc) is 2.49. The standard InChI is InChI=1S/C10H7F3O4S/c11-10(12,13)6-2-1-5-3-8(9(14)15)18(16,17)7(5)4-6/h1-2,4,8H,3H2,(H,14,15). The molecule has 2 rings (SSSR count). The molecule has 1 aromatic rings. The van der Waals surface area contributed by atoms with Gasteiger partial charge in [-0.25, -0.2) is 8.42 Å². The zero-order valence-corrected chi connectivity index (χ0v) is 9.55. The Morgan fingerprint density at radius 2 is 1.94 bits per heavy atom. The summed E-state index contributed by atoms with van der Waals surface area (Å²) in [7, 11) is -4.23. The van der Waals surface area contributed by atoms with E-state index in [2.05, 4.69) is 0 Å². The van der Waals surface area contributed by atoms with Crippen molar-refractivity contribution in [1.29, 1.82) is 0 Å². The molecule has 98 valence electrons. The fourth-order valence-corrected chi connectivity index (χ4v) is 3.63. The molecule has 0 spiro atoms. The first-order valence-electron chi connectivity index (χ1n) is 4.81.